The van der Waals surface area contributed by atoms with Crippen LogP contribution in [0.5, 0.6) is 0 Å². The van der Waals surface area contributed by atoms with Gasteiger partial charge in [-0.15, -0.1) is 0 Å². The highest BCUT2D eigenvalue weighted by atomic mass is 16.3. The molecule has 20 rings (SSSR count). The molecular weight excluding hydrogens is 1140 g/mol. The largest absolute Gasteiger partial charge is 0.436 e. The minimum atomic E-state index is -0.527. The van der Waals surface area contributed by atoms with Crippen molar-refractivity contribution in [1.29, 1.82) is 0 Å². The molecule has 0 N–H and O–H groups in total. The van der Waals surface area contributed by atoms with E-state index >= 15 is 0 Å². The predicted molar refractivity (Wildman–Crippen MR) is 382 cm³/mol. The molecule has 14 aromatic carbocycles. The van der Waals surface area contributed by atoms with E-state index in [9.17, 15) is 0 Å². The average Bonchev–Trinajstić information content (AvgIpc) is 1.55. The molecule has 436 valence electrons. The van der Waals surface area contributed by atoms with Crippen LogP contribution in [0.2, 0.25) is 0 Å². The zero-order valence-electron chi connectivity index (χ0n) is 50.9. The minimum absolute atomic E-state index is 0.521. The lowest BCUT2D eigenvalue weighted by atomic mass is 9.70. The van der Waals surface area contributed by atoms with Crippen LogP contribution < -0.4 is 4.90 Å². The van der Waals surface area contributed by atoms with Crippen LogP contribution in [0.4, 0.5) is 17.1 Å². The van der Waals surface area contributed by atoms with Gasteiger partial charge in [0.05, 0.1) is 33.3 Å². The van der Waals surface area contributed by atoms with Gasteiger partial charge in [-0.05, 0) is 173 Å². The number of aromatic nitrogens is 3. The van der Waals surface area contributed by atoms with Gasteiger partial charge in [0.15, 0.2) is 5.58 Å². The second kappa shape index (κ2) is 20.1. The van der Waals surface area contributed by atoms with E-state index < -0.39 is 10.8 Å². The second-order valence-corrected chi connectivity index (χ2v) is 25.2. The Hall–Kier alpha value is -12.3. The van der Waals surface area contributed by atoms with E-state index in [1.165, 1.54) is 89.0 Å². The van der Waals surface area contributed by atoms with Crippen LogP contribution in [0, 0.1) is 0 Å². The molecule has 0 saturated carbocycles. The van der Waals surface area contributed by atoms with E-state index in [4.69, 9.17) is 19.4 Å². The van der Waals surface area contributed by atoms with Gasteiger partial charge in [0.25, 0.3) is 0 Å². The van der Waals surface area contributed by atoms with E-state index in [0.717, 1.165) is 89.5 Å². The number of anilines is 3. The van der Waals surface area contributed by atoms with Gasteiger partial charge >= 0.3 is 0 Å². The Balaban J connectivity index is 0.805. The summed E-state index contributed by atoms with van der Waals surface area (Å²) in [4.78, 5) is 19.2. The quantitative estimate of drug-likeness (QED) is 0.152. The number of oxazole rings is 1. The molecule has 0 amide bonds. The van der Waals surface area contributed by atoms with Crippen molar-refractivity contribution in [3.8, 4) is 101 Å². The number of para-hydroxylation sites is 3. The molecular formula is C89H54N4O. The summed E-state index contributed by atoms with van der Waals surface area (Å²) < 4.78 is 6.21. The molecule has 0 fully saturated rings. The van der Waals surface area contributed by atoms with Gasteiger partial charge < -0.3 is 9.32 Å². The van der Waals surface area contributed by atoms with Gasteiger partial charge in [-0.25, -0.2) is 15.0 Å². The van der Waals surface area contributed by atoms with Gasteiger partial charge in [0.1, 0.15) is 5.52 Å². The van der Waals surface area contributed by atoms with E-state index in [0.29, 0.717) is 5.89 Å². The van der Waals surface area contributed by atoms with E-state index in [2.05, 4.69) is 308 Å². The summed E-state index contributed by atoms with van der Waals surface area (Å²) in [6, 6.07) is 120. The highest BCUT2D eigenvalue weighted by Crippen LogP contribution is 2.65. The van der Waals surface area contributed by atoms with Gasteiger partial charge in [-0.3, -0.25) is 0 Å². The normalized spacial score (nSPS) is 13.5. The maximum Gasteiger partial charge on any atom is 0.227 e. The van der Waals surface area contributed by atoms with Crippen molar-refractivity contribution < 1.29 is 4.42 Å². The van der Waals surface area contributed by atoms with Crippen LogP contribution in [0.3, 0.4) is 0 Å². The van der Waals surface area contributed by atoms with E-state index in [-0.39, 0.29) is 0 Å². The van der Waals surface area contributed by atoms with Crippen molar-refractivity contribution in [2.75, 3.05) is 4.90 Å². The number of benzene rings is 14. The van der Waals surface area contributed by atoms with E-state index in [1.807, 2.05) is 24.3 Å². The Morgan fingerprint density at radius 3 is 0.979 bits per heavy atom. The first kappa shape index (κ1) is 52.5. The van der Waals surface area contributed by atoms with Crippen LogP contribution in [0.1, 0.15) is 44.5 Å². The van der Waals surface area contributed by atoms with Crippen LogP contribution in [-0.2, 0) is 10.8 Å². The van der Waals surface area contributed by atoms with Crippen molar-refractivity contribution in [2.45, 2.75) is 10.8 Å². The standard InChI is InChI=1S/C89H54N4O/c1-3-21-55(22-4-1)83-84(56-39-45-61(46-40-56)93(60-23-5-2-6-24-60)62-47-41-57(42-48-62)87-90-81-37-19-20-38-82(81)94-87)92-86-64(59-44-50-72-70-30-12-18-36-78(70)89(80(72)54-59)75-33-15-9-27-67(75)68-28-10-16-34-76(68)89)52-51-63(85(86)91-83)58-43-49-71-69-29-11-17-35-77(69)88(79(71)53-58)73-31-13-7-25-65(73)66-26-8-14-32-74(66)88/h1-54H. The maximum absolute atomic E-state index is 6.21. The van der Waals surface area contributed by atoms with Crippen LogP contribution >= 0.6 is 0 Å². The molecule has 2 heterocycles. The molecule has 5 heteroatoms. The molecule has 0 saturated heterocycles. The first-order valence-corrected chi connectivity index (χ1v) is 32.3. The van der Waals surface area contributed by atoms with Crippen molar-refractivity contribution in [1.82, 2.24) is 15.0 Å². The van der Waals surface area contributed by atoms with Crippen LogP contribution in [-0.4, -0.2) is 15.0 Å². The molecule has 4 aliphatic rings. The molecule has 2 spiro atoms. The number of nitrogens with zero attached hydrogens (tertiary/aromatic N) is 4. The fraction of sp³-hybridized carbons (Fsp3) is 0.0225. The number of fused-ring (bicyclic) bond motifs is 22. The molecule has 0 unspecified atom stereocenters. The van der Waals surface area contributed by atoms with Gasteiger partial charge in [0, 0.05) is 44.9 Å². The first-order valence-electron chi connectivity index (χ1n) is 32.3. The van der Waals surface area contributed by atoms with E-state index in [1.54, 1.807) is 0 Å². The first-order chi connectivity index (χ1) is 46.6. The SMILES string of the molecule is c1ccc(-c2nc3c(-c4ccc5c(c4)C4(c6ccccc6-c6ccccc64)c4ccccc4-5)ccc(-c4ccc5c(c4)C4(c6ccccc6-c6ccccc64)c4ccccc4-5)c3nc2-c2ccc(N(c3ccccc3)c3ccc(-c4nc5ccccc5o4)cc3)cc2)cc1. The lowest BCUT2D eigenvalue weighted by Gasteiger charge is -2.31. The van der Waals surface area contributed by atoms with Gasteiger partial charge in [-0.2, -0.15) is 0 Å². The Bertz CT molecular complexity index is 5650. The fourth-order valence-electron chi connectivity index (χ4n) is 16.7. The molecule has 5 nitrogen and oxygen atoms in total. The lowest BCUT2D eigenvalue weighted by molar-refractivity contribution is 0.620. The Kier molecular flexibility index (Phi) is 11.2. The topological polar surface area (TPSA) is 55.1 Å². The average molecular weight is 1200 g/mol. The van der Waals surface area contributed by atoms with Gasteiger partial charge in [-0.1, -0.05) is 255 Å². The molecule has 0 bridgehead atoms. The number of hydrogen-bond donors (Lipinski definition) is 0. The fourth-order valence-corrected chi connectivity index (χ4v) is 16.7. The summed E-state index contributed by atoms with van der Waals surface area (Å²) in [6.07, 6.45) is 0. The van der Waals surface area contributed by atoms with Gasteiger partial charge in [0.2, 0.25) is 5.89 Å². The zero-order chi connectivity index (χ0) is 61.6. The molecule has 0 atom stereocenters. The molecule has 4 aliphatic carbocycles. The summed E-state index contributed by atoms with van der Waals surface area (Å²) in [5.41, 5.74) is 34.4. The maximum atomic E-state index is 6.21. The minimum Gasteiger partial charge on any atom is -0.436 e. The zero-order valence-corrected chi connectivity index (χ0v) is 50.9. The molecule has 0 radical (unpaired) electrons. The Morgan fingerprint density at radius 1 is 0.234 bits per heavy atom. The second-order valence-electron chi connectivity index (χ2n) is 25.2. The predicted octanol–water partition coefficient (Wildman–Crippen LogP) is 22.3. The number of rotatable bonds is 8. The summed E-state index contributed by atoms with van der Waals surface area (Å²) in [5.74, 6) is 0.591. The molecule has 16 aromatic rings. The van der Waals surface area contributed by atoms with Crippen molar-refractivity contribution in [3.63, 3.8) is 0 Å². The third-order valence-electron chi connectivity index (χ3n) is 20.6. The van der Waals surface area contributed by atoms with Crippen LogP contribution in [0.15, 0.2) is 332 Å². The summed E-state index contributed by atoms with van der Waals surface area (Å²) in [6.45, 7) is 0. The summed E-state index contributed by atoms with van der Waals surface area (Å²) in [7, 11) is 0. The monoisotopic (exact) mass is 1190 g/mol. The summed E-state index contributed by atoms with van der Waals surface area (Å²) >= 11 is 0. The smallest absolute Gasteiger partial charge is 0.227 e. The Labute approximate surface area is 543 Å². The third-order valence-corrected chi connectivity index (χ3v) is 20.6. The molecule has 2 aromatic heterocycles. The molecule has 94 heavy (non-hydrogen) atoms. The van der Waals surface area contributed by atoms with Crippen LogP contribution in [0.25, 0.3) is 123 Å². The third kappa shape index (κ3) is 7.32. The highest BCUT2D eigenvalue weighted by Gasteiger charge is 2.53. The highest BCUT2D eigenvalue weighted by molar-refractivity contribution is 6.06. The lowest BCUT2D eigenvalue weighted by Crippen LogP contribution is -2.25. The van der Waals surface area contributed by atoms with Crippen molar-refractivity contribution in [2.24, 2.45) is 0 Å². The Morgan fingerprint density at radius 2 is 0.553 bits per heavy atom. The number of hydrogen-bond acceptors (Lipinski definition) is 5. The van der Waals surface area contributed by atoms with Crippen molar-refractivity contribution >= 4 is 39.2 Å². The van der Waals surface area contributed by atoms with Crippen molar-refractivity contribution in [3.05, 3.63) is 372 Å². The molecule has 0 aliphatic heterocycles. The summed E-state index contributed by atoms with van der Waals surface area (Å²) in [5, 5.41) is 0.